The quantitative estimate of drug-likeness (QED) is 0.839. The van der Waals surface area contributed by atoms with Crippen LogP contribution < -0.4 is 5.73 Å². The third-order valence-electron chi connectivity index (χ3n) is 3.00. The highest BCUT2D eigenvalue weighted by molar-refractivity contribution is 5.98. The summed E-state index contributed by atoms with van der Waals surface area (Å²) in [6.07, 6.45) is 1.61. The third kappa shape index (κ3) is 2.57. The van der Waals surface area contributed by atoms with E-state index < -0.39 is 5.97 Å². The number of pyridine rings is 1. The average molecular weight is 256 g/mol. The summed E-state index contributed by atoms with van der Waals surface area (Å²) in [5, 5.41) is 0. The Kier molecular flexibility index (Phi) is 3.51. The summed E-state index contributed by atoms with van der Waals surface area (Å²) in [6, 6.07) is 7.58. The van der Waals surface area contributed by atoms with Crippen LogP contribution in [0, 0.1) is 13.8 Å². The van der Waals surface area contributed by atoms with Crippen molar-refractivity contribution < 1.29 is 9.53 Å². The third-order valence-corrected chi connectivity index (χ3v) is 3.00. The number of anilines is 1. The minimum Gasteiger partial charge on any atom is -0.465 e. The Morgan fingerprint density at radius 3 is 2.58 bits per heavy atom. The molecule has 0 amide bonds. The largest absolute Gasteiger partial charge is 0.465 e. The van der Waals surface area contributed by atoms with Crippen molar-refractivity contribution in [3.05, 3.63) is 47.2 Å². The van der Waals surface area contributed by atoms with Crippen LogP contribution in [0.15, 0.2) is 30.5 Å². The Morgan fingerprint density at radius 2 is 1.95 bits per heavy atom. The van der Waals surface area contributed by atoms with E-state index in [0.717, 1.165) is 16.7 Å². The summed E-state index contributed by atoms with van der Waals surface area (Å²) in [5.74, 6) is -0.113. The van der Waals surface area contributed by atoms with Crippen LogP contribution >= 0.6 is 0 Å². The van der Waals surface area contributed by atoms with E-state index >= 15 is 0 Å². The zero-order valence-corrected chi connectivity index (χ0v) is 11.2. The highest BCUT2D eigenvalue weighted by Gasteiger charge is 2.15. The smallest absolute Gasteiger partial charge is 0.338 e. The van der Waals surface area contributed by atoms with Crippen LogP contribution in [-0.4, -0.2) is 18.1 Å². The number of aryl methyl sites for hydroxylation is 2. The molecular formula is C15H16N2O2. The maximum absolute atomic E-state index is 11.8. The second kappa shape index (κ2) is 5.10. The van der Waals surface area contributed by atoms with Gasteiger partial charge in [-0.1, -0.05) is 23.8 Å². The average Bonchev–Trinajstić information content (AvgIpc) is 2.38. The molecule has 0 aliphatic heterocycles. The van der Waals surface area contributed by atoms with Crippen molar-refractivity contribution in [2.75, 3.05) is 12.8 Å². The summed E-state index contributed by atoms with van der Waals surface area (Å²) in [4.78, 5) is 15.9. The molecule has 1 aromatic heterocycles. The highest BCUT2D eigenvalue weighted by atomic mass is 16.5. The number of carbonyl (C=O) groups is 1. The lowest BCUT2D eigenvalue weighted by Crippen LogP contribution is -2.06. The topological polar surface area (TPSA) is 65.2 Å². The normalized spacial score (nSPS) is 10.3. The van der Waals surface area contributed by atoms with Gasteiger partial charge in [-0.3, -0.25) is 0 Å². The molecule has 2 rings (SSSR count). The molecule has 0 aliphatic carbocycles. The van der Waals surface area contributed by atoms with Crippen LogP contribution in [0.4, 0.5) is 5.82 Å². The molecule has 0 saturated heterocycles. The molecule has 0 fully saturated rings. The van der Waals surface area contributed by atoms with E-state index in [9.17, 15) is 4.79 Å². The second-order valence-electron chi connectivity index (χ2n) is 4.46. The van der Waals surface area contributed by atoms with Gasteiger partial charge in [-0.2, -0.15) is 0 Å². The van der Waals surface area contributed by atoms with Crippen LogP contribution in [-0.2, 0) is 4.74 Å². The maximum Gasteiger partial charge on any atom is 0.338 e. The molecule has 1 aromatic carbocycles. The first-order chi connectivity index (χ1) is 9.02. The van der Waals surface area contributed by atoms with Crippen LogP contribution in [0.2, 0.25) is 0 Å². The Labute approximate surface area is 112 Å². The van der Waals surface area contributed by atoms with Crippen molar-refractivity contribution >= 4 is 11.8 Å². The molecule has 1 heterocycles. The Hall–Kier alpha value is -2.36. The summed E-state index contributed by atoms with van der Waals surface area (Å²) in [7, 11) is 1.35. The van der Waals surface area contributed by atoms with E-state index in [-0.39, 0.29) is 0 Å². The Bertz CT molecular complexity index is 636. The summed E-state index contributed by atoms with van der Waals surface area (Å²) < 4.78 is 4.79. The van der Waals surface area contributed by atoms with Crippen molar-refractivity contribution in [1.29, 1.82) is 0 Å². The second-order valence-corrected chi connectivity index (χ2v) is 4.46. The predicted molar refractivity (Wildman–Crippen MR) is 74.9 cm³/mol. The van der Waals surface area contributed by atoms with Gasteiger partial charge in [0.2, 0.25) is 0 Å². The fraction of sp³-hybridized carbons (Fsp3) is 0.200. The number of nitrogens with zero attached hydrogens (tertiary/aromatic N) is 1. The zero-order chi connectivity index (χ0) is 14.0. The summed E-state index contributed by atoms with van der Waals surface area (Å²) in [6.45, 7) is 4.03. The van der Waals surface area contributed by atoms with E-state index in [1.165, 1.54) is 12.7 Å². The Balaban J connectivity index is 2.64. The lowest BCUT2D eigenvalue weighted by atomic mass is 9.96. The highest BCUT2D eigenvalue weighted by Crippen LogP contribution is 2.28. The predicted octanol–water partition coefficient (Wildman–Crippen LogP) is 2.73. The first kappa shape index (κ1) is 13.1. The number of esters is 1. The molecular weight excluding hydrogens is 240 g/mol. The molecule has 0 atom stereocenters. The SMILES string of the molecule is COC(=O)c1cc(N)ncc1-c1ccc(C)cc1C. The molecule has 2 aromatic rings. The number of ether oxygens (including phenoxy) is 1. The first-order valence-corrected chi connectivity index (χ1v) is 5.94. The van der Waals surface area contributed by atoms with E-state index in [2.05, 4.69) is 11.1 Å². The molecule has 2 N–H and O–H groups in total. The van der Waals surface area contributed by atoms with Gasteiger partial charge in [0, 0.05) is 11.8 Å². The van der Waals surface area contributed by atoms with E-state index in [4.69, 9.17) is 10.5 Å². The number of benzene rings is 1. The van der Waals surface area contributed by atoms with Gasteiger partial charge in [-0.25, -0.2) is 9.78 Å². The number of hydrogen-bond donors (Lipinski definition) is 1. The van der Waals surface area contributed by atoms with E-state index in [1.54, 1.807) is 12.3 Å². The van der Waals surface area contributed by atoms with Gasteiger partial charge in [0.25, 0.3) is 0 Å². The Morgan fingerprint density at radius 1 is 1.21 bits per heavy atom. The van der Waals surface area contributed by atoms with Crippen molar-refractivity contribution in [1.82, 2.24) is 4.98 Å². The molecule has 98 valence electrons. The molecule has 19 heavy (non-hydrogen) atoms. The summed E-state index contributed by atoms with van der Waals surface area (Å²) in [5.41, 5.74) is 10.0. The van der Waals surface area contributed by atoms with Crippen molar-refractivity contribution in [3.63, 3.8) is 0 Å². The molecule has 0 saturated carbocycles. The molecule has 4 heteroatoms. The molecule has 0 spiro atoms. The van der Waals surface area contributed by atoms with Gasteiger partial charge in [0.1, 0.15) is 5.82 Å². The standard InChI is InChI=1S/C15H16N2O2/c1-9-4-5-11(10(2)6-9)13-8-17-14(16)7-12(13)15(18)19-3/h4-8H,1-3H3,(H2,16,17). The number of nitrogens with two attached hydrogens (primary N) is 1. The van der Waals surface area contributed by atoms with Crippen LogP contribution in [0.25, 0.3) is 11.1 Å². The van der Waals surface area contributed by atoms with Gasteiger partial charge >= 0.3 is 5.97 Å². The lowest BCUT2D eigenvalue weighted by molar-refractivity contribution is 0.0601. The van der Waals surface area contributed by atoms with Gasteiger partial charge in [0.05, 0.1) is 12.7 Å². The number of rotatable bonds is 2. The maximum atomic E-state index is 11.8. The van der Waals surface area contributed by atoms with Crippen molar-refractivity contribution in [2.45, 2.75) is 13.8 Å². The van der Waals surface area contributed by atoms with Gasteiger partial charge in [-0.15, -0.1) is 0 Å². The number of methoxy groups -OCH3 is 1. The van der Waals surface area contributed by atoms with Gasteiger partial charge in [0.15, 0.2) is 0 Å². The van der Waals surface area contributed by atoms with Gasteiger partial charge in [-0.05, 0) is 31.0 Å². The molecule has 0 unspecified atom stereocenters. The molecule has 0 aliphatic rings. The van der Waals surface area contributed by atoms with Gasteiger partial charge < -0.3 is 10.5 Å². The minimum absolute atomic E-state index is 0.300. The van der Waals surface area contributed by atoms with Crippen LogP contribution in [0.5, 0.6) is 0 Å². The monoisotopic (exact) mass is 256 g/mol. The summed E-state index contributed by atoms with van der Waals surface area (Å²) >= 11 is 0. The zero-order valence-electron chi connectivity index (χ0n) is 11.2. The molecule has 0 radical (unpaired) electrons. The van der Waals surface area contributed by atoms with Crippen molar-refractivity contribution in [3.8, 4) is 11.1 Å². The number of carbonyl (C=O) groups excluding carboxylic acids is 1. The van der Waals surface area contributed by atoms with Crippen LogP contribution in [0.3, 0.4) is 0 Å². The van der Waals surface area contributed by atoms with E-state index in [1.807, 2.05) is 26.0 Å². The molecule has 4 nitrogen and oxygen atoms in total. The molecule has 0 bridgehead atoms. The van der Waals surface area contributed by atoms with Crippen molar-refractivity contribution in [2.24, 2.45) is 0 Å². The first-order valence-electron chi connectivity index (χ1n) is 5.94. The number of aromatic nitrogens is 1. The number of nitrogen functional groups attached to an aromatic ring is 1. The minimum atomic E-state index is -0.413. The van der Waals surface area contributed by atoms with Crippen LogP contribution in [0.1, 0.15) is 21.5 Å². The fourth-order valence-corrected chi connectivity index (χ4v) is 2.08. The van der Waals surface area contributed by atoms with E-state index in [0.29, 0.717) is 11.4 Å². The number of hydrogen-bond acceptors (Lipinski definition) is 4. The fourth-order valence-electron chi connectivity index (χ4n) is 2.08. The lowest BCUT2D eigenvalue weighted by Gasteiger charge is -2.11.